The van der Waals surface area contributed by atoms with Gasteiger partial charge < -0.3 is 9.64 Å². The first-order valence-corrected chi connectivity index (χ1v) is 12.8. The quantitative estimate of drug-likeness (QED) is 0.614. The number of carbonyl (C=O) groups excluding carboxylic acids is 2. The first-order chi connectivity index (χ1) is 15.4. The van der Waals surface area contributed by atoms with Gasteiger partial charge in [-0.1, -0.05) is 18.6 Å². The number of para-hydroxylation sites is 1. The number of fused-ring (bicyclic) bond motifs is 1. The number of hydrogen-bond donors (Lipinski definition) is 0. The van der Waals surface area contributed by atoms with Gasteiger partial charge in [0.1, 0.15) is 10.7 Å². The zero-order chi connectivity index (χ0) is 22.7. The highest BCUT2D eigenvalue weighted by Crippen LogP contribution is 2.34. The molecule has 1 fully saturated rings. The van der Waals surface area contributed by atoms with Gasteiger partial charge in [0.2, 0.25) is 10.0 Å². The van der Waals surface area contributed by atoms with Gasteiger partial charge in [0.05, 0.1) is 11.3 Å². The number of piperidine rings is 1. The summed E-state index contributed by atoms with van der Waals surface area (Å²) < 4.78 is 46.4. The molecule has 1 saturated heterocycles. The van der Waals surface area contributed by atoms with Crippen LogP contribution in [0.15, 0.2) is 52.3 Å². The van der Waals surface area contributed by atoms with Crippen LogP contribution in [0, 0.1) is 5.82 Å². The highest BCUT2D eigenvalue weighted by molar-refractivity contribution is 7.99. The zero-order valence-corrected chi connectivity index (χ0v) is 19.0. The lowest BCUT2D eigenvalue weighted by molar-refractivity contribution is -0.121. The lowest BCUT2D eigenvalue weighted by Crippen LogP contribution is -2.38. The predicted molar refractivity (Wildman–Crippen MR) is 119 cm³/mol. The number of nitrogens with zero attached hydrogens (tertiary/aromatic N) is 2. The molecule has 2 aromatic rings. The summed E-state index contributed by atoms with van der Waals surface area (Å²) in [4.78, 5) is 27.2. The monoisotopic (exact) mass is 478 g/mol. The number of carbonyl (C=O) groups is 2. The molecule has 2 aromatic carbocycles. The number of esters is 1. The molecule has 0 spiro atoms. The predicted octanol–water partition coefficient (Wildman–Crippen LogP) is 3.30. The van der Waals surface area contributed by atoms with Crippen LogP contribution in [0.5, 0.6) is 0 Å². The number of amides is 1. The number of hydrogen-bond acceptors (Lipinski definition) is 6. The van der Waals surface area contributed by atoms with Gasteiger partial charge in [-0.3, -0.25) is 4.79 Å². The van der Waals surface area contributed by atoms with E-state index in [1.165, 1.54) is 4.31 Å². The Hall–Kier alpha value is -2.43. The van der Waals surface area contributed by atoms with Crippen molar-refractivity contribution in [2.24, 2.45) is 0 Å². The minimum atomic E-state index is -4.06. The van der Waals surface area contributed by atoms with Crippen molar-refractivity contribution in [1.82, 2.24) is 4.31 Å². The SMILES string of the molecule is O=C(OCC(=O)N1CCSc2ccccc21)c1ccc(F)c(S(=O)(=O)N2CCCCC2)c1. The molecule has 7 nitrogen and oxygen atoms in total. The molecule has 0 N–H and O–H groups in total. The minimum absolute atomic E-state index is 0.121. The average molecular weight is 479 g/mol. The summed E-state index contributed by atoms with van der Waals surface area (Å²) in [5.41, 5.74) is 0.644. The maximum Gasteiger partial charge on any atom is 0.338 e. The minimum Gasteiger partial charge on any atom is -0.452 e. The van der Waals surface area contributed by atoms with Crippen LogP contribution >= 0.6 is 11.8 Å². The summed E-state index contributed by atoms with van der Waals surface area (Å²) in [6, 6.07) is 10.6. The maximum atomic E-state index is 14.4. The molecular formula is C22H23FN2O5S2. The van der Waals surface area contributed by atoms with Crippen molar-refractivity contribution in [2.45, 2.75) is 29.1 Å². The molecule has 0 unspecified atom stereocenters. The van der Waals surface area contributed by atoms with Gasteiger partial charge in [-0.15, -0.1) is 11.8 Å². The van der Waals surface area contributed by atoms with Crippen molar-refractivity contribution in [2.75, 3.05) is 36.9 Å². The highest BCUT2D eigenvalue weighted by Gasteiger charge is 2.30. The Kier molecular flexibility index (Phi) is 6.82. The third kappa shape index (κ3) is 4.67. The molecule has 2 heterocycles. The van der Waals surface area contributed by atoms with Crippen LogP contribution in [0.3, 0.4) is 0 Å². The molecule has 0 saturated carbocycles. The molecule has 32 heavy (non-hydrogen) atoms. The number of rotatable bonds is 5. The Balaban J connectivity index is 1.46. The summed E-state index contributed by atoms with van der Waals surface area (Å²) in [5, 5.41) is 0. The van der Waals surface area contributed by atoms with E-state index in [2.05, 4.69) is 0 Å². The zero-order valence-electron chi connectivity index (χ0n) is 17.3. The van der Waals surface area contributed by atoms with E-state index >= 15 is 0 Å². The Morgan fingerprint density at radius 1 is 1.03 bits per heavy atom. The largest absolute Gasteiger partial charge is 0.452 e. The van der Waals surface area contributed by atoms with E-state index in [0.29, 0.717) is 32.5 Å². The number of halogens is 1. The van der Waals surface area contributed by atoms with Crippen LogP contribution in [0.2, 0.25) is 0 Å². The Bertz CT molecular complexity index is 1130. The Labute approximate surface area is 190 Å². The normalized spacial score (nSPS) is 17.0. The van der Waals surface area contributed by atoms with E-state index < -0.39 is 33.3 Å². The first kappa shape index (κ1) is 22.8. The summed E-state index contributed by atoms with van der Waals surface area (Å²) >= 11 is 1.65. The van der Waals surface area contributed by atoms with Crippen LogP contribution in [-0.2, 0) is 19.6 Å². The third-order valence-electron chi connectivity index (χ3n) is 5.46. The van der Waals surface area contributed by atoms with Gasteiger partial charge in [0.15, 0.2) is 6.61 Å². The molecule has 0 bridgehead atoms. The molecule has 2 aliphatic rings. The molecule has 2 aliphatic heterocycles. The fourth-order valence-corrected chi connectivity index (χ4v) is 6.39. The summed E-state index contributed by atoms with van der Waals surface area (Å²) in [6.45, 7) is 0.636. The van der Waals surface area contributed by atoms with Crippen molar-refractivity contribution in [3.8, 4) is 0 Å². The second-order valence-electron chi connectivity index (χ2n) is 7.55. The van der Waals surface area contributed by atoms with Crippen molar-refractivity contribution < 1.29 is 27.1 Å². The van der Waals surface area contributed by atoms with Crippen LogP contribution in [0.25, 0.3) is 0 Å². The van der Waals surface area contributed by atoms with Gasteiger partial charge in [-0.25, -0.2) is 17.6 Å². The van der Waals surface area contributed by atoms with E-state index in [-0.39, 0.29) is 11.5 Å². The topological polar surface area (TPSA) is 84.0 Å². The van der Waals surface area contributed by atoms with Crippen LogP contribution in [0.4, 0.5) is 10.1 Å². The van der Waals surface area contributed by atoms with Crippen LogP contribution < -0.4 is 4.90 Å². The Morgan fingerprint density at radius 3 is 2.56 bits per heavy atom. The molecule has 4 rings (SSSR count). The lowest BCUT2D eigenvalue weighted by atomic mass is 10.2. The highest BCUT2D eigenvalue weighted by atomic mass is 32.2. The average Bonchev–Trinajstić information content (AvgIpc) is 2.82. The number of ether oxygens (including phenoxy) is 1. The molecule has 0 aromatic heterocycles. The standard InChI is InChI=1S/C22H23FN2O5S2/c23-17-9-8-16(14-20(17)32(28,29)24-10-4-1-5-11-24)22(27)30-15-21(26)25-12-13-31-19-7-3-2-6-18(19)25/h2-3,6-9,14H,1,4-5,10-13,15H2. The summed E-state index contributed by atoms with van der Waals surface area (Å²) in [5.74, 6) is -1.46. The molecular weight excluding hydrogens is 455 g/mol. The lowest BCUT2D eigenvalue weighted by Gasteiger charge is -2.28. The number of benzene rings is 2. The smallest absolute Gasteiger partial charge is 0.338 e. The van der Waals surface area contributed by atoms with E-state index in [9.17, 15) is 22.4 Å². The molecule has 0 aliphatic carbocycles. The molecule has 0 radical (unpaired) electrons. The van der Waals surface area contributed by atoms with Gasteiger partial charge in [-0.05, 0) is 43.2 Å². The fraction of sp³-hybridized carbons (Fsp3) is 0.364. The van der Waals surface area contributed by atoms with Gasteiger partial charge in [-0.2, -0.15) is 4.31 Å². The van der Waals surface area contributed by atoms with Crippen LogP contribution in [-0.4, -0.2) is 56.6 Å². The summed E-state index contributed by atoms with van der Waals surface area (Å²) in [6.07, 6.45) is 2.35. The molecule has 0 atom stereocenters. The fourth-order valence-electron chi connectivity index (χ4n) is 3.79. The van der Waals surface area contributed by atoms with Gasteiger partial charge in [0.25, 0.3) is 5.91 Å². The second kappa shape index (κ2) is 9.60. The molecule has 1 amide bonds. The molecule has 170 valence electrons. The summed E-state index contributed by atoms with van der Waals surface area (Å²) in [7, 11) is -4.06. The van der Waals surface area contributed by atoms with Crippen molar-refractivity contribution in [3.05, 3.63) is 53.8 Å². The first-order valence-electron chi connectivity index (χ1n) is 10.4. The second-order valence-corrected chi connectivity index (χ2v) is 10.6. The van der Waals surface area contributed by atoms with Crippen molar-refractivity contribution in [3.63, 3.8) is 0 Å². The van der Waals surface area contributed by atoms with E-state index in [4.69, 9.17) is 4.74 Å². The molecule has 10 heteroatoms. The number of anilines is 1. The maximum absolute atomic E-state index is 14.4. The van der Waals surface area contributed by atoms with Crippen molar-refractivity contribution >= 4 is 39.3 Å². The van der Waals surface area contributed by atoms with E-state index in [1.807, 2.05) is 24.3 Å². The van der Waals surface area contributed by atoms with Crippen LogP contribution in [0.1, 0.15) is 29.6 Å². The van der Waals surface area contributed by atoms with Gasteiger partial charge in [0, 0.05) is 30.3 Å². The third-order valence-corrected chi connectivity index (χ3v) is 8.41. The van der Waals surface area contributed by atoms with E-state index in [1.54, 1.807) is 16.7 Å². The van der Waals surface area contributed by atoms with Crippen molar-refractivity contribution in [1.29, 1.82) is 0 Å². The van der Waals surface area contributed by atoms with E-state index in [0.717, 1.165) is 41.0 Å². The Morgan fingerprint density at radius 2 is 1.78 bits per heavy atom. The van der Waals surface area contributed by atoms with Gasteiger partial charge >= 0.3 is 5.97 Å². The number of sulfonamides is 1. The number of thioether (sulfide) groups is 1.